The van der Waals surface area contributed by atoms with Gasteiger partial charge in [0.1, 0.15) is 10.7 Å². The van der Waals surface area contributed by atoms with E-state index in [1.165, 1.54) is 12.3 Å². The maximum absolute atomic E-state index is 11.9. The third-order valence-corrected chi connectivity index (χ3v) is 3.49. The molecular weight excluding hydrogens is 299 g/mol. The molecule has 1 rings (SSSR count). The number of nitrogens with two attached hydrogens (primary N) is 2. The fourth-order valence-corrected chi connectivity index (χ4v) is 2.56. The van der Waals surface area contributed by atoms with Crippen LogP contribution in [0.3, 0.4) is 0 Å². The molecule has 5 N–H and O–H groups in total. The van der Waals surface area contributed by atoms with E-state index in [1.54, 1.807) is 13.8 Å². The minimum atomic E-state index is -3.75. The van der Waals surface area contributed by atoms with Crippen molar-refractivity contribution >= 4 is 39.8 Å². The first kappa shape index (κ1) is 17.4. The molecule has 104 valence electrons. The molecule has 6 nitrogen and oxygen atoms in total. The minimum Gasteiger partial charge on any atom is -0.383 e. The van der Waals surface area contributed by atoms with E-state index >= 15 is 0 Å². The summed E-state index contributed by atoms with van der Waals surface area (Å²) in [6.45, 7) is 3.49. The molecule has 0 atom stereocenters. The highest BCUT2D eigenvalue weighted by atomic mass is 35.5. The lowest BCUT2D eigenvalue weighted by molar-refractivity contribution is 0.498. The number of nitrogens with zero attached hydrogens (tertiary/aromatic N) is 1. The average molecular weight is 315 g/mol. The Labute approximate surface area is 118 Å². The standard InChI is InChI=1S/C9H15ClN4O2S.ClH/c1-9(2,12)5-14-17(15,16)7-3-6(10)4-13-8(7)11;/h3-4,14H,5,12H2,1-2H3,(H2,11,13);1H. The lowest BCUT2D eigenvalue weighted by atomic mass is 10.1. The molecular formula is C9H16Cl2N4O2S. The molecule has 1 aromatic heterocycles. The first-order valence-corrected chi connectivity index (χ1v) is 6.67. The number of nitrogens with one attached hydrogen (secondary N) is 1. The van der Waals surface area contributed by atoms with E-state index in [1.807, 2.05) is 0 Å². The van der Waals surface area contributed by atoms with Crippen LogP contribution in [0.1, 0.15) is 13.8 Å². The molecule has 0 aromatic carbocycles. The zero-order chi connectivity index (χ0) is 13.3. The van der Waals surface area contributed by atoms with Crippen LogP contribution in [0, 0.1) is 0 Å². The Morgan fingerprint density at radius 1 is 1.50 bits per heavy atom. The predicted octanol–water partition coefficient (Wildman–Crippen LogP) is 0.755. The topological polar surface area (TPSA) is 111 Å². The smallest absolute Gasteiger partial charge is 0.244 e. The Kier molecular flexibility index (Phi) is 5.83. The Bertz CT molecular complexity index is 514. The van der Waals surface area contributed by atoms with Crippen LogP contribution in [0.4, 0.5) is 5.82 Å². The SMILES string of the molecule is CC(C)(N)CNS(=O)(=O)c1cc(Cl)cnc1N.Cl. The van der Waals surface area contributed by atoms with Crippen molar-refractivity contribution in [3.8, 4) is 0 Å². The molecule has 0 aliphatic heterocycles. The van der Waals surface area contributed by atoms with Crippen LogP contribution in [0.2, 0.25) is 5.02 Å². The van der Waals surface area contributed by atoms with Gasteiger partial charge in [-0.15, -0.1) is 12.4 Å². The number of sulfonamides is 1. The van der Waals surface area contributed by atoms with Gasteiger partial charge < -0.3 is 11.5 Å². The van der Waals surface area contributed by atoms with Crippen molar-refractivity contribution in [2.24, 2.45) is 5.73 Å². The van der Waals surface area contributed by atoms with Crippen LogP contribution in [0.5, 0.6) is 0 Å². The van der Waals surface area contributed by atoms with Crippen LogP contribution < -0.4 is 16.2 Å². The van der Waals surface area contributed by atoms with Gasteiger partial charge in [0, 0.05) is 18.3 Å². The third-order valence-electron chi connectivity index (χ3n) is 1.86. The molecule has 0 aliphatic carbocycles. The average Bonchev–Trinajstić information content (AvgIpc) is 2.18. The van der Waals surface area contributed by atoms with Gasteiger partial charge in [0.15, 0.2) is 0 Å². The first-order chi connectivity index (χ1) is 7.62. The number of hydrogen-bond acceptors (Lipinski definition) is 5. The minimum absolute atomic E-state index is 0. The van der Waals surface area contributed by atoms with Crippen LogP contribution in [-0.4, -0.2) is 25.5 Å². The Hall–Kier alpha value is -0.600. The Balaban J connectivity index is 0.00000289. The van der Waals surface area contributed by atoms with Crippen molar-refractivity contribution in [3.63, 3.8) is 0 Å². The molecule has 0 bridgehead atoms. The molecule has 0 radical (unpaired) electrons. The quantitative estimate of drug-likeness (QED) is 0.759. The van der Waals surface area contributed by atoms with Crippen LogP contribution in [0.25, 0.3) is 0 Å². The second-order valence-electron chi connectivity index (χ2n) is 4.35. The van der Waals surface area contributed by atoms with E-state index in [0.717, 1.165) is 0 Å². The van der Waals surface area contributed by atoms with Gasteiger partial charge in [0.25, 0.3) is 0 Å². The zero-order valence-corrected chi connectivity index (χ0v) is 12.4. The molecule has 0 unspecified atom stereocenters. The van der Waals surface area contributed by atoms with E-state index < -0.39 is 15.6 Å². The second kappa shape index (κ2) is 6.03. The van der Waals surface area contributed by atoms with E-state index in [-0.39, 0.29) is 34.7 Å². The molecule has 1 heterocycles. The van der Waals surface area contributed by atoms with Gasteiger partial charge >= 0.3 is 0 Å². The Morgan fingerprint density at radius 3 is 2.56 bits per heavy atom. The lowest BCUT2D eigenvalue weighted by Gasteiger charge is -2.19. The summed E-state index contributed by atoms with van der Waals surface area (Å²) in [5, 5.41) is 0.201. The number of pyridine rings is 1. The van der Waals surface area contributed by atoms with Gasteiger partial charge in [0.05, 0.1) is 5.02 Å². The van der Waals surface area contributed by atoms with Crippen LogP contribution >= 0.6 is 24.0 Å². The van der Waals surface area contributed by atoms with Gasteiger partial charge in [-0.05, 0) is 19.9 Å². The maximum atomic E-state index is 11.9. The molecule has 18 heavy (non-hydrogen) atoms. The van der Waals surface area contributed by atoms with Gasteiger partial charge in [-0.2, -0.15) is 0 Å². The summed E-state index contributed by atoms with van der Waals surface area (Å²) >= 11 is 5.68. The highest BCUT2D eigenvalue weighted by Crippen LogP contribution is 2.19. The summed E-state index contributed by atoms with van der Waals surface area (Å²) in [7, 11) is -3.75. The van der Waals surface area contributed by atoms with Gasteiger partial charge in [0.2, 0.25) is 10.0 Å². The fraction of sp³-hybridized carbons (Fsp3) is 0.444. The maximum Gasteiger partial charge on any atom is 0.244 e. The van der Waals surface area contributed by atoms with Crippen molar-refractivity contribution in [2.75, 3.05) is 12.3 Å². The monoisotopic (exact) mass is 314 g/mol. The van der Waals surface area contributed by atoms with E-state index in [0.29, 0.717) is 0 Å². The van der Waals surface area contributed by atoms with Crippen LogP contribution in [-0.2, 0) is 10.0 Å². The third kappa shape index (κ3) is 4.95. The van der Waals surface area contributed by atoms with Crippen molar-refractivity contribution in [1.29, 1.82) is 0 Å². The van der Waals surface area contributed by atoms with Crippen LogP contribution in [0.15, 0.2) is 17.2 Å². The highest BCUT2D eigenvalue weighted by molar-refractivity contribution is 7.89. The molecule has 0 saturated carbocycles. The second-order valence-corrected chi connectivity index (χ2v) is 6.52. The molecule has 0 fully saturated rings. The zero-order valence-electron chi connectivity index (χ0n) is 9.97. The Morgan fingerprint density at radius 2 is 2.06 bits per heavy atom. The summed E-state index contributed by atoms with van der Waals surface area (Å²) in [5.41, 5.74) is 10.5. The van der Waals surface area contributed by atoms with Crippen molar-refractivity contribution < 1.29 is 8.42 Å². The first-order valence-electron chi connectivity index (χ1n) is 4.81. The molecule has 0 aliphatic rings. The number of halogens is 2. The summed E-state index contributed by atoms with van der Waals surface area (Å²) in [4.78, 5) is 3.54. The normalized spacial score (nSPS) is 12.0. The molecule has 1 aromatic rings. The molecule has 0 amide bonds. The predicted molar refractivity (Wildman–Crippen MR) is 74.4 cm³/mol. The number of aromatic nitrogens is 1. The molecule has 0 saturated heterocycles. The van der Waals surface area contributed by atoms with Crippen molar-refractivity contribution in [3.05, 3.63) is 17.3 Å². The highest BCUT2D eigenvalue weighted by Gasteiger charge is 2.21. The van der Waals surface area contributed by atoms with E-state index in [4.69, 9.17) is 23.1 Å². The van der Waals surface area contributed by atoms with Gasteiger partial charge in [-0.3, -0.25) is 0 Å². The van der Waals surface area contributed by atoms with Crippen molar-refractivity contribution in [2.45, 2.75) is 24.3 Å². The number of nitrogen functional groups attached to an aromatic ring is 1. The summed E-state index contributed by atoms with van der Waals surface area (Å²) < 4.78 is 26.2. The van der Waals surface area contributed by atoms with Gasteiger partial charge in [-0.25, -0.2) is 18.1 Å². The molecule has 9 heteroatoms. The number of anilines is 1. The molecule has 0 spiro atoms. The number of rotatable bonds is 4. The fourth-order valence-electron chi connectivity index (χ4n) is 1.01. The van der Waals surface area contributed by atoms with E-state index in [2.05, 4.69) is 9.71 Å². The van der Waals surface area contributed by atoms with Gasteiger partial charge in [-0.1, -0.05) is 11.6 Å². The summed E-state index contributed by atoms with van der Waals surface area (Å²) in [6.07, 6.45) is 1.28. The summed E-state index contributed by atoms with van der Waals surface area (Å²) in [5.74, 6) is -0.100. The lowest BCUT2D eigenvalue weighted by Crippen LogP contribution is -2.45. The number of hydrogen-bond donors (Lipinski definition) is 3. The van der Waals surface area contributed by atoms with Crippen molar-refractivity contribution in [1.82, 2.24) is 9.71 Å². The van der Waals surface area contributed by atoms with E-state index in [9.17, 15) is 8.42 Å². The summed E-state index contributed by atoms with van der Waals surface area (Å²) in [6, 6.07) is 1.25. The largest absolute Gasteiger partial charge is 0.383 e.